The Kier molecular flexibility index (Phi) is 4.24. The van der Waals surface area contributed by atoms with E-state index in [1.807, 2.05) is 18.2 Å². The van der Waals surface area contributed by atoms with Crippen LogP contribution in [0.4, 0.5) is 11.4 Å². The summed E-state index contributed by atoms with van der Waals surface area (Å²) in [6, 6.07) is 27.6. The van der Waals surface area contributed by atoms with Crippen LogP contribution in [0.2, 0.25) is 0 Å². The smallest absolute Gasteiger partial charge is 0.0384 e. The third-order valence-electron chi connectivity index (χ3n) is 3.83. The van der Waals surface area contributed by atoms with E-state index in [9.17, 15) is 0 Å². The third kappa shape index (κ3) is 3.37. The number of benzene rings is 3. The minimum absolute atomic E-state index is 0.555. The topological polar surface area (TPSA) is 12.0 Å². The van der Waals surface area contributed by atoms with Crippen molar-refractivity contribution in [3.63, 3.8) is 0 Å². The van der Waals surface area contributed by atoms with Gasteiger partial charge in [0.15, 0.2) is 0 Å². The molecule has 0 spiro atoms. The van der Waals surface area contributed by atoms with Gasteiger partial charge in [0, 0.05) is 11.4 Å². The molecule has 0 aliphatic carbocycles. The summed E-state index contributed by atoms with van der Waals surface area (Å²) in [5.41, 5.74) is 6.12. The maximum Gasteiger partial charge on any atom is 0.0384 e. The maximum absolute atomic E-state index is 3.41. The van der Waals surface area contributed by atoms with Crippen LogP contribution < -0.4 is 5.32 Å². The van der Waals surface area contributed by atoms with Crippen molar-refractivity contribution < 1.29 is 0 Å². The quantitative estimate of drug-likeness (QED) is 0.600. The summed E-state index contributed by atoms with van der Waals surface area (Å²) in [4.78, 5) is 0. The highest BCUT2D eigenvalue weighted by atomic mass is 14.9. The highest BCUT2D eigenvalue weighted by Crippen LogP contribution is 2.26. The van der Waals surface area contributed by atoms with Gasteiger partial charge in [-0.15, -0.1) is 0 Å². The molecule has 0 saturated carbocycles. The molecule has 1 N–H and O–H groups in total. The lowest BCUT2D eigenvalue weighted by molar-refractivity contribution is 0.867. The molecule has 3 rings (SSSR count). The van der Waals surface area contributed by atoms with Gasteiger partial charge in [0.25, 0.3) is 0 Å². The summed E-state index contributed by atoms with van der Waals surface area (Å²) in [6.45, 7) is 4.46. The Balaban J connectivity index is 1.81. The molecule has 0 aromatic heterocycles. The molecule has 110 valence electrons. The second-order valence-electron chi connectivity index (χ2n) is 5.85. The van der Waals surface area contributed by atoms with Crippen molar-refractivity contribution in [2.24, 2.45) is 0 Å². The Bertz CT molecular complexity index is 727. The normalized spacial score (nSPS) is 10.7. The molecule has 3 aromatic carbocycles. The van der Waals surface area contributed by atoms with Crippen LogP contribution in [0.15, 0.2) is 78.9 Å². The lowest BCUT2D eigenvalue weighted by atomic mass is 9.97. The number of hydrogen-bond donors (Lipinski definition) is 1. The van der Waals surface area contributed by atoms with Crippen molar-refractivity contribution in [2.45, 2.75) is 19.8 Å². The van der Waals surface area contributed by atoms with Crippen LogP contribution >= 0.6 is 0 Å². The van der Waals surface area contributed by atoms with Gasteiger partial charge >= 0.3 is 0 Å². The first-order valence-corrected chi connectivity index (χ1v) is 7.75. The minimum atomic E-state index is 0.555. The molecular formula is C21H21N. The van der Waals surface area contributed by atoms with Gasteiger partial charge in [0.2, 0.25) is 0 Å². The molecule has 0 unspecified atom stereocenters. The average Bonchev–Trinajstić information content (AvgIpc) is 2.56. The van der Waals surface area contributed by atoms with E-state index in [0.29, 0.717) is 5.92 Å². The Labute approximate surface area is 132 Å². The van der Waals surface area contributed by atoms with Crippen LogP contribution in [-0.2, 0) is 0 Å². The third-order valence-corrected chi connectivity index (χ3v) is 3.83. The summed E-state index contributed by atoms with van der Waals surface area (Å²) < 4.78 is 0. The molecule has 0 aliphatic heterocycles. The largest absolute Gasteiger partial charge is 0.356 e. The van der Waals surface area contributed by atoms with Crippen molar-refractivity contribution in [1.82, 2.24) is 0 Å². The molecule has 0 radical (unpaired) electrons. The average molecular weight is 287 g/mol. The fourth-order valence-corrected chi connectivity index (χ4v) is 2.51. The molecule has 0 atom stereocenters. The van der Waals surface area contributed by atoms with Gasteiger partial charge in [-0.1, -0.05) is 68.4 Å². The highest BCUT2D eigenvalue weighted by molar-refractivity contribution is 5.68. The Hall–Kier alpha value is -2.54. The summed E-state index contributed by atoms with van der Waals surface area (Å²) in [5, 5.41) is 3.41. The molecular weight excluding hydrogens is 266 g/mol. The molecule has 0 saturated heterocycles. The Morgan fingerprint density at radius 2 is 1.32 bits per heavy atom. The van der Waals surface area contributed by atoms with E-state index < -0.39 is 0 Å². The molecule has 0 fully saturated rings. The van der Waals surface area contributed by atoms with Crippen molar-refractivity contribution in [2.75, 3.05) is 5.32 Å². The first-order chi connectivity index (χ1) is 10.7. The van der Waals surface area contributed by atoms with Crippen LogP contribution in [0.5, 0.6) is 0 Å². The molecule has 0 amide bonds. The zero-order chi connectivity index (χ0) is 15.4. The molecule has 0 bridgehead atoms. The number of rotatable bonds is 4. The first-order valence-electron chi connectivity index (χ1n) is 7.75. The summed E-state index contributed by atoms with van der Waals surface area (Å²) >= 11 is 0. The van der Waals surface area contributed by atoms with Crippen molar-refractivity contribution in [3.05, 3.63) is 84.4 Å². The zero-order valence-corrected chi connectivity index (χ0v) is 13.1. The van der Waals surface area contributed by atoms with Gasteiger partial charge in [0.05, 0.1) is 0 Å². The molecule has 3 aromatic rings. The maximum atomic E-state index is 3.41. The van der Waals surface area contributed by atoms with E-state index in [2.05, 4.69) is 79.8 Å². The number of nitrogens with one attached hydrogen (secondary N) is 1. The number of para-hydroxylation sites is 1. The monoisotopic (exact) mass is 287 g/mol. The SMILES string of the molecule is CC(C)c1cccc(-c2ccc(Nc3ccccc3)cc2)c1. The van der Waals surface area contributed by atoms with E-state index in [4.69, 9.17) is 0 Å². The lowest BCUT2D eigenvalue weighted by Gasteiger charge is -2.10. The molecule has 0 heterocycles. The van der Waals surface area contributed by atoms with Gasteiger partial charge in [-0.3, -0.25) is 0 Å². The predicted molar refractivity (Wildman–Crippen MR) is 95.7 cm³/mol. The van der Waals surface area contributed by atoms with Crippen LogP contribution in [-0.4, -0.2) is 0 Å². The van der Waals surface area contributed by atoms with Gasteiger partial charge in [0.1, 0.15) is 0 Å². The van der Waals surface area contributed by atoms with Gasteiger partial charge in [-0.05, 0) is 46.9 Å². The summed E-state index contributed by atoms with van der Waals surface area (Å²) in [5.74, 6) is 0.555. The van der Waals surface area contributed by atoms with Crippen LogP contribution in [0.25, 0.3) is 11.1 Å². The minimum Gasteiger partial charge on any atom is -0.356 e. The Morgan fingerprint density at radius 3 is 2.00 bits per heavy atom. The predicted octanol–water partition coefficient (Wildman–Crippen LogP) is 6.22. The molecule has 1 nitrogen and oxygen atoms in total. The van der Waals surface area contributed by atoms with E-state index in [0.717, 1.165) is 11.4 Å². The molecule has 0 aliphatic rings. The van der Waals surface area contributed by atoms with Crippen molar-refractivity contribution >= 4 is 11.4 Å². The number of hydrogen-bond acceptors (Lipinski definition) is 1. The zero-order valence-electron chi connectivity index (χ0n) is 13.1. The second-order valence-corrected chi connectivity index (χ2v) is 5.85. The van der Waals surface area contributed by atoms with Crippen LogP contribution in [0, 0.1) is 0 Å². The lowest BCUT2D eigenvalue weighted by Crippen LogP contribution is -1.90. The molecule has 22 heavy (non-hydrogen) atoms. The standard InChI is InChI=1S/C21H21N/c1-16(2)18-7-6-8-19(15-18)17-11-13-21(14-12-17)22-20-9-4-3-5-10-20/h3-16,22H,1-2H3. The first kappa shape index (κ1) is 14.4. The van der Waals surface area contributed by atoms with E-state index in [1.54, 1.807) is 0 Å². The van der Waals surface area contributed by atoms with E-state index >= 15 is 0 Å². The van der Waals surface area contributed by atoms with Crippen LogP contribution in [0.1, 0.15) is 25.3 Å². The highest BCUT2D eigenvalue weighted by Gasteiger charge is 2.03. The van der Waals surface area contributed by atoms with Crippen molar-refractivity contribution in [3.8, 4) is 11.1 Å². The second kappa shape index (κ2) is 6.48. The fourth-order valence-electron chi connectivity index (χ4n) is 2.51. The summed E-state index contributed by atoms with van der Waals surface area (Å²) in [7, 11) is 0. The Morgan fingerprint density at radius 1 is 0.636 bits per heavy atom. The van der Waals surface area contributed by atoms with E-state index in [-0.39, 0.29) is 0 Å². The van der Waals surface area contributed by atoms with Gasteiger partial charge in [-0.25, -0.2) is 0 Å². The molecule has 1 heteroatoms. The van der Waals surface area contributed by atoms with Crippen LogP contribution in [0.3, 0.4) is 0 Å². The fraction of sp³-hybridized carbons (Fsp3) is 0.143. The van der Waals surface area contributed by atoms with Crippen molar-refractivity contribution in [1.29, 1.82) is 0 Å². The summed E-state index contributed by atoms with van der Waals surface area (Å²) in [6.07, 6.45) is 0. The van der Waals surface area contributed by atoms with Gasteiger partial charge < -0.3 is 5.32 Å². The number of anilines is 2. The van der Waals surface area contributed by atoms with E-state index in [1.165, 1.54) is 16.7 Å². The van der Waals surface area contributed by atoms with Gasteiger partial charge in [-0.2, -0.15) is 0 Å².